The molecule has 0 radical (unpaired) electrons. The molecule has 0 saturated heterocycles. The van der Waals surface area contributed by atoms with Crippen LogP contribution in [-0.4, -0.2) is 21.6 Å². The summed E-state index contributed by atoms with van der Waals surface area (Å²) in [5.74, 6) is 0.503. The van der Waals surface area contributed by atoms with E-state index < -0.39 is 0 Å². The van der Waals surface area contributed by atoms with Crippen LogP contribution in [0.25, 0.3) is 0 Å². The second-order valence-corrected chi connectivity index (χ2v) is 5.83. The highest BCUT2D eigenvalue weighted by molar-refractivity contribution is 6.42. The molecule has 1 aromatic carbocycles. The number of nitrogens with zero attached hydrogens (tertiary/aromatic N) is 3. The summed E-state index contributed by atoms with van der Waals surface area (Å²) in [6.07, 6.45) is 4.65. The van der Waals surface area contributed by atoms with Crippen molar-refractivity contribution in [1.82, 2.24) is 9.97 Å². The number of amides is 1. The quantitative estimate of drug-likeness (QED) is 0.925. The summed E-state index contributed by atoms with van der Waals surface area (Å²) in [6.45, 7) is 1.97. The average molecular weight is 337 g/mol. The average Bonchev–Trinajstić information content (AvgIpc) is 3.11. The van der Waals surface area contributed by atoms with Crippen LogP contribution in [0.5, 0.6) is 0 Å². The first-order valence-corrected chi connectivity index (χ1v) is 7.70. The molecule has 2 aromatic rings. The molecule has 0 saturated carbocycles. The lowest BCUT2D eigenvalue weighted by Crippen LogP contribution is -2.27. The Kier molecular flexibility index (Phi) is 4.18. The lowest BCUT2D eigenvalue weighted by Gasteiger charge is -2.14. The van der Waals surface area contributed by atoms with Gasteiger partial charge in [-0.05, 0) is 24.6 Å². The SMILES string of the molecule is CCC1C(=O)N(c2ccc(Cl)c(Cl)c2)N=C1Cc1ncc[nH]1. The molecule has 2 heterocycles. The highest BCUT2D eigenvalue weighted by atomic mass is 35.5. The molecule has 3 rings (SSSR count). The molecule has 1 aliphatic heterocycles. The Bertz CT molecular complexity index is 727. The van der Waals surface area contributed by atoms with Gasteiger partial charge in [-0.1, -0.05) is 30.1 Å². The van der Waals surface area contributed by atoms with Gasteiger partial charge in [0.25, 0.3) is 5.91 Å². The summed E-state index contributed by atoms with van der Waals surface area (Å²) in [4.78, 5) is 19.8. The number of halogens is 2. The van der Waals surface area contributed by atoms with Crippen molar-refractivity contribution in [2.75, 3.05) is 5.01 Å². The molecule has 1 atom stereocenters. The second kappa shape index (κ2) is 6.10. The van der Waals surface area contributed by atoms with Gasteiger partial charge in [-0.25, -0.2) is 9.99 Å². The zero-order chi connectivity index (χ0) is 15.7. The minimum absolute atomic E-state index is 0.0533. The van der Waals surface area contributed by atoms with E-state index in [1.54, 1.807) is 30.6 Å². The van der Waals surface area contributed by atoms with Crippen LogP contribution in [0.3, 0.4) is 0 Å². The van der Waals surface area contributed by atoms with Crippen LogP contribution in [0.4, 0.5) is 5.69 Å². The van der Waals surface area contributed by atoms with Crippen LogP contribution < -0.4 is 5.01 Å². The fourth-order valence-corrected chi connectivity index (χ4v) is 2.77. The number of carbonyl (C=O) groups excluding carboxylic acids is 1. The van der Waals surface area contributed by atoms with Crippen molar-refractivity contribution in [2.45, 2.75) is 19.8 Å². The van der Waals surface area contributed by atoms with E-state index in [4.69, 9.17) is 23.2 Å². The van der Waals surface area contributed by atoms with Crippen LogP contribution in [0.1, 0.15) is 19.2 Å². The van der Waals surface area contributed by atoms with Gasteiger partial charge in [0.1, 0.15) is 5.82 Å². The van der Waals surface area contributed by atoms with Gasteiger partial charge in [0.15, 0.2) is 0 Å². The maximum absolute atomic E-state index is 12.6. The molecular formula is C15H14Cl2N4O. The Hall–Kier alpha value is -1.85. The normalized spacial score (nSPS) is 18.0. The van der Waals surface area contributed by atoms with E-state index in [9.17, 15) is 4.79 Å². The summed E-state index contributed by atoms with van der Waals surface area (Å²) >= 11 is 11.9. The van der Waals surface area contributed by atoms with Crippen LogP contribution in [0, 0.1) is 5.92 Å². The highest BCUT2D eigenvalue weighted by Crippen LogP contribution is 2.31. The molecule has 1 aliphatic rings. The first-order valence-electron chi connectivity index (χ1n) is 6.94. The standard InChI is InChI=1S/C15H14Cl2N4O/c1-2-10-13(8-14-18-5-6-19-14)20-21(15(10)22)9-3-4-11(16)12(17)7-9/h3-7,10H,2,8H2,1H3,(H,18,19). The molecule has 0 aliphatic carbocycles. The van der Waals surface area contributed by atoms with Gasteiger partial charge >= 0.3 is 0 Å². The second-order valence-electron chi connectivity index (χ2n) is 5.01. The maximum atomic E-state index is 12.6. The zero-order valence-corrected chi connectivity index (χ0v) is 13.4. The van der Waals surface area contributed by atoms with E-state index in [1.165, 1.54) is 5.01 Å². The molecular weight excluding hydrogens is 323 g/mol. The van der Waals surface area contributed by atoms with Crippen LogP contribution in [0.2, 0.25) is 10.0 Å². The minimum Gasteiger partial charge on any atom is -0.348 e. The molecule has 22 heavy (non-hydrogen) atoms. The van der Waals surface area contributed by atoms with Gasteiger partial charge in [-0.2, -0.15) is 5.10 Å². The Morgan fingerprint density at radius 3 is 2.77 bits per heavy atom. The molecule has 1 aromatic heterocycles. The van der Waals surface area contributed by atoms with Gasteiger partial charge in [0, 0.05) is 18.8 Å². The highest BCUT2D eigenvalue weighted by Gasteiger charge is 2.35. The number of hydrogen-bond donors (Lipinski definition) is 1. The molecule has 5 nitrogen and oxygen atoms in total. The number of anilines is 1. The number of hydrazone groups is 1. The number of imidazole rings is 1. The Morgan fingerprint density at radius 2 is 2.14 bits per heavy atom. The number of carbonyl (C=O) groups is 1. The van der Waals surface area contributed by atoms with E-state index in [2.05, 4.69) is 15.1 Å². The van der Waals surface area contributed by atoms with E-state index >= 15 is 0 Å². The van der Waals surface area contributed by atoms with E-state index in [1.807, 2.05) is 6.92 Å². The van der Waals surface area contributed by atoms with Crippen LogP contribution >= 0.6 is 23.2 Å². The topological polar surface area (TPSA) is 61.4 Å². The van der Waals surface area contributed by atoms with Crippen LogP contribution in [-0.2, 0) is 11.2 Å². The third-order valence-corrected chi connectivity index (χ3v) is 4.34. The number of aromatic nitrogens is 2. The summed E-state index contributed by atoms with van der Waals surface area (Å²) in [7, 11) is 0. The Morgan fingerprint density at radius 1 is 1.32 bits per heavy atom. The lowest BCUT2D eigenvalue weighted by atomic mass is 9.98. The molecule has 7 heteroatoms. The molecule has 0 bridgehead atoms. The fraction of sp³-hybridized carbons (Fsp3) is 0.267. The predicted octanol–water partition coefficient (Wildman–Crippen LogP) is 3.69. The van der Waals surface area contributed by atoms with Crippen molar-refractivity contribution in [3.8, 4) is 0 Å². The molecule has 114 valence electrons. The fourth-order valence-electron chi connectivity index (χ4n) is 2.47. The van der Waals surface area contributed by atoms with Gasteiger partial charge in [-0.15, -0.1) is 0 Å². The van der Waals surface area contributed by atoms with Gasteiger partial charge in [-0.3, -0.25) is 4.79 Å². The van der Waals surface area contributed by atoms with Gasteiger partial charge in [0.2, 0.25) is 0 Å². The minimum atomic E-state index is -0.237. The first kappa shape index (κ1) is 15.1. The Balaban J connectivity index is 1.92. The smallest absolute Gasteiger partial charge is 0.256 e. The molecule has 1 unspecified atom stereocenters. The van der Waals surface area contributed by atoms with E-state index in [-0.39, 0.29) is 11.8 Å². The Labute approximate surface area is 137 Å². The van der Waals surface area contributed by atoms with Gasteiger partial charge in [0.05, 0.1) is 27.4 Å². The van der Waals surface area contributed by atoms with Crippen molar-refractivity contribution in [2.24, 2.45) is 11.0 Å². The monoisotopic (exact) mass is 336 g/mol. The summed E-state index contributed by atoms with van der Waals surface area (Å²) in [5, 5.41) is 6.72. The number of benzene rings is 1. The van der Waals surface area contributed by atoms with E-state index in [0.29, 0.717) is 28.6 Å². The van der Waals surface area contributed by atoms with E-state index in [0.717, 1.165) is 11.5 Å². The predicted molar refractivity (Wildman–Crippen MR) is 87.5 cm³/mol. The maximum Gasteiger partial charge on any atom is 0.256 e. The van der Waals surface area contributed by atoms with Crippen molar-refractivity contribution in [3.63, 3.8) is 0 Å². The van der Waals surface area contributed by atoms with Gasteiger partial charge < -0.3 is 4.98 Å². The largest absolute Gasteiger partial charge is 0.348 e. The first-order chi connectivity index (χ1) is 10.6. The summed E-state index contributed by atoms with van der Waals surface area (Å²) < 4.78 is 0. The molecule has 0 spiro atoms. The van der Waals surface area contributed by atoms with Crippen molar-refractivity contribution in [1.29, 1.82) is 0 Å². The number of rotatable bonds is 4. The number of aromatic amines is 1. The summed E-state index contributed by atoms with van der Waals surface area (Å²) in [6, 6.07) is 5.04. The summed E-state index contributed by atoms with van der Waals surface area (Å²) in [5.41, 5.74) is 1.42. The number of hydrogen-bond acceptors (Lipinski definition) is 3. The van der Waals surface area contributed by atoms with Crippen molar-refractivity contribution in [3.05, 3.63) is 46.5 Å². The number of nitrogens with one attached hydrogen (secondary N) is 1. The third kappa shape index (κ3) is 2.74. The molecule has 1 amide bonds. The third-order valence-electron chi connectivity index (χ3n) is 3.60. The van der Waals surface area contributed by atoms with Crippen molar-refractivity contribution < 1.29 is 4.79 Å². The molecule has 1 N–H and O–H groups in total. The number of H-pyrrole nitrogens is 1. The zero-order valence-electron chi connectivity index (χ0n) is 11.9. The molecule has 0 fully saturated rings. The lowest BCUT2D eigenvalue weighted by molar-refractivity contribution is -0.119. The van der Waals surface area contributed by atoms with Crippen molar-refractivity contribution >= 4 is 40.5 Å². The van der Waals surface area contributed by atoms with Crippen LogP contribution in [0.15, 0.2) is 35.7 Å².